The van der Waals surface area contributed by atoms with E-state index in [-0.39, 0.29) is 5.95 Å². The van der Waals surface area contributed by atoms with E-state index in [4.69, 9.17) is 0 Å². The molecule has 15 heavy (non-hydrogen) atoms. The number of nitrogens with one attached hydrogen (secondary N) is 2. The molecule has 80 valence electrons. The van der Waals surface area contributed by atoms with Gasteiger partial charge in [0, 0.05) is 19.8 Å². The van der Waals surface area contributed by atoms with Crippen molar-refractivity contribution in [2.75, 3.05) is 24.3 Å². The van der Waals surface area contributed by atoms with Gasteiger partial charge < -0.3 is 5.32 Å². The summed E-state index contributed by atoms with van der Waals surface area (Å²) in [4.78, 5) is 3.71. The fourth-order valence-electron chi connectivity index (χ4n) is 0.698. The molecule has 0 fully saturated rings. The molecule has 0 radical (unpaired) electrons. The minimum absolute atomic E-state index is 0.234. The minimum Gasteiger partial charge on any atom is -0.352 e. The lowest BCUT2D eigenvalue weighted by molar-refractivity contribution is 0.854. The van der Waals surface area contributed by atoms with Crippen molar-refractivity contribution in [2.45, 2.75) is 6.92 Å². The van der Waals surface area contributed by atoms with Crippen molar-refractivity contribution in [3.63, 3.8) is 0 Å². The van der Waals surface area contributed by atoms with Crippen LogP contribution in [0, 0.1) is 0 Å². The Kier molecular flexibility index (Phi) is 4.64. The molecule has 8 nitrogen and oxygen atoms in total. The molecule has 1 heterocycles. The van der Waals surface area contributed by atoms with E-state index < -0.39 is 0 Å². The van der Waals surface area contributed by atoms with E-state index in [1.54, 1.807) is 7.05 Å². The monoisotopic (exact) mass is 208 g/mol. The SMILES string of the molecule is CCNc1nnc(N/N=C/C=NC)nn1. The number of hydrogen-bond acceptors (Lipinski definition) is 8. The summed E-state index contributed by atoms with van der Waals surface area (Å²) in [5, 5.41) is 21.6. The molecule has 0 saturated heterocycles. The molecule has 0 aliphatic rings. The number of rotatable bonds is 5. The van der Waals surface area contributed by atoms with Crippen LogP contribution in [0.3, 0.4) is 0 Å². The lowest BCUT2D eigenvalue weighted by Gasteiger charge is -1.98. The van der Waals surface area contributed by atoms with Gasteiger partial charge in [-0.1, -0.05) is 0 Å². The average Bonchev–Trinajstić information content (AvgIpc) is 2.27. The largest absolute Gasteiger partial charge is 0.352 e. The van der Waals surface area contributed by atoms with Crippen LogP contribution in [0.4, 0.5) is 11.9 Å². The minimum atomic E-state index is 0.234. The summed E-state index contributed by atoms with van der Waals surface area (Å²) in [5.74, 6) is 0.625. The first kappa shape index (κ1) is 11.0. The summed E-state index contributed by atoms with van der Waals surface area (Å²) in [6.45, 7) is 2.66. The fraction of sp³-hybridized carbons (Fsp3) is 0.429. The van der Waals surface area contributed by atoms with Crippen molar-refractivity contribution < 1.29 is 0 Å². The zero-order valence-corrected chi connectivity index (χ0v) is 8.55. The summed E-state index contributed by atoms with van der Waals surface area (Å²) in [7, 11) is 1.65. The Bertz CT molecular complexity index is 329. The van der Waals surface area contributed by atoms with Gasteiger partial charge in [0.05, 0.1) is 6.21 Å². The van der Waals surface area contributed by atoms with Crippen LogP contribution in [0.1, 0.15) is 6.92 Å². The number of anilines is 2. The van der Waals surface area contributed by atoms with Crippen LogP contribution >= 0.6 is 0 Å². The molecule has 1 aromatic rings. The lowest BCUT2D eigenvalue weighted by atomic mass is 10.7. The molecule has 0 spiro atoms. The topological polar surface area (TPSA) is 100 Å². The highest BCUT2D eigenvalue weighted by molar-refractivity contribution is 6.16. The van der Waals surface area contributed by atoms with Gasteiger partial charge in [-0.15, -0.1) is 20.4 Å². The lowest BCUT2D eigenvalue weighted by Crippen LogP contribution is -2.07. The Hall–Kier alpha value is -2.12. The van der Waals surface area contributed by atoms with E-state index >= 15 is 0 Å². The Morgan fingerprint density at radius 3 is 2.40 bits per heavy atom. The highest BCUT2D eigenvalue weighted by Gasteiger charge is 1.97. The summed E-state index contributed by atoms with van der Waals surface area (Å²) in [5.41, 5.74) is 2.55. The van der Waals surface area contributed by atoms with Crippen LogP contribution < -0.4 is 10.7 Å². The van der Waals surface area contributed by atoms with Crippen LogP contribution in [0.5, 0.6) is 0 Å². The maximum absolute atomic E-state index is 3.76. The molecule has 0 bridgehead atoms. The van der Waals surface area contributed by atoms with E-state index in [2.05, 4.69) is 41.2 Å². The molecule has 1 aromatic heterocycles. The first-order valence-corrected chi connectivity index (χ1v) is 4.38. The highest BCUT2D eigenvalue weighted by Crippen LogP contribution is 1.95. The van der Waals surface area contributed by atoms with E-state index in [1.807, 2.05) is 6.92 Å². The molecule has 8 heteroatoms. The average molecular weight is 208 g/mol. The third-order valence-corrected chi connectivity index (χ3v) is 1.27. The first-order chi connectivity index (χ1) is 7.36. The molecule has 0 amide bonds. The van der Waals surface area contributed by atoms with Gasteiger partial charge >= 0.3 is 0 Å². The Labute approximate surface area is 86.9 Å². The Balaban J connectivity index is 2.49. The fourth-order valence-corrected chi connectivity index (χ4v) is 0.698. The predicted octanol–water partition coefficient (Wildman–Crippen LogP) is -0.203. The van der Waals surface area contributed by atoms with Crippen LogP contribution in [0.15, 0.2) is 10.1 Å². The van der Waals surface area contributed by atoms with Crippen molar-refractivity contribution in [2.24, 2.45) is 10.1 Å². The van der Waals surface area contributed by atoms with Crippen molar-refractivity contribution in [1.82, 2.24) is 20.4 Å². The van der Waals surface area contributed by atoms with Crippen molar-refractivity contribution in [3.8, 4) is 0 Å². The summed E-state index contributed by atoms with van der Waals surface area (Å²) in [6.07, 6.45) is 3.00. The zero-order valence-electron chi connectivity index (χ0n) is 8.55. The molecule has 0 aromatic carbocycles. The number of aliphatic imine (C=N–C) groups is 1. The second kappa shape index (κ2) is 6.35. The zero-order chi connectivity index (χ0) is 10.9. The number of hydrazone groups is 1. The molecule has 0 saturated carbocycles. The predicted molar refractivity (Wildman–Crippen MR) is 58.3 cm³/mol. The van der Waals surface area contributed by atoms with Gasteiger partial charge in [-0.3, -0.25) is 4.99 Å². The molecule has 0 aliphatic heterocycles. The van der Waals surface area contributed by atoms with Gasteiger partial charge in [-0.05, 0) is 6.92 Å². The number of nitrogens with zero attached hydrogens (tertiary/aromatic N) is 6. The van der Waals surface area contributed by atoms with Gasteiger partial charge in [0.15, 0.2) is 0 Å². The van der Waals surface area contributed by atoms with Gasteiger partial charge in [-0.25, -0.2) is 5.43 Å². The molecular formula is C7H12N8. The van der Waals surface area contributed by atoms with Crippen molar-refractivity contribution in [1.29, 1.82) is 0 Å². The summed E-state index contributed by atoms with van der Waals surface area (Å²) >= 11 is 0. The molecule has 0 atom stereocenters. The maximum Gasteiger partial charge on any atom is 0.282 e. The van der Waals surface area contributed by atoms with Gasteiger partial charge in [-0.2, -0.15) is 5.10 Å². The second-order valence-electron chi connectivity index (χ2n) is 2.37. The number of hydrogen-bond donors (Lipinski definition) is 2. The van der Waals surface area contributed by atoms with Crippen LogP contribution in [0.2, 0.25) is 0 Å². The van der Waals surface area contributed by atoms with Crippen molar-refractivity contribution >= 4 is 24.3 Å². The molecule has 0 unspecified atom stereocenters. The van der Waals surface area contributed by atoms with Gasteiger partial charge in [0.1, 0.15) is 0 Å². The van der Waals surface area contributed by atoms with Crippen LogP contribution in [-0.4, -0.2) is 46.4 Å². The maximum atomic E-state index is 3.76. The second-order valence-corrected chi connectivity index (χ2v) is 2.37. The van der Waals surface area contributed by atoms with E-state index in [1.165, 1.54) is 12.4 Å². The third-order valence-electron chi connectivity index (χ3n) is 1.27. The smallest absolute Gasteiger partial charge is 0.282 e. The summed E-state index contributed by atoms with van der Waals surface area (Å²) in [6, 6.07) is 0. The first-order valence-electron chi connectivity index (χ1n) is 4.38. The van der Waals surface area contributed by atoms with E-state index in [0.29, 0.717) is 5.95 Å². The Morgan fingerprint density at radius 1 is 1.13 bits per heavy atom. The quantitative estimate of drug-likeness (QED) is 0.513. The van der Waals surface area contributed by atoms with Gasteiger partial charge in [0.25, 0.3) is 11.9 Å². The van der Waals surface area contributed by atoms with E-state index in [9.17, 15) is 0 Å². The normalized spacial score (nSPS) is 11.1. The Morgan fingerprint density at radius 2 is 1.80 bits per heavy atom. The van der Waals surface area contributed by atoms with Gasteiger partial charge in [0.2, 0.25) is 0 Å². The molecule has 2 N–H and O–H groups in total. The van der Waals surface area contributed by atoms with Crippen LogP contribution in [0.25, 0.3) is 0 Å². The standard InChI is InChI=1S/C7H12N8/c1-3-9-6-12-14-7(15-13-6)11-10-5-4-8-2/h4-5H,3H2,1-2H3,(H,9,12,13)(H,11,14,15)/b8-4?,10-5+. The highest BCUT2D eigenvalue weighted by atomic mass is 15.4. The molecular weight excluding hydrogens is 196 g/mol. The third kappa shape index (κ3) is 4.07. The van der Waals surface area contributed by atoms with E-state index in [0.717, 1.165) is 6.54 Å². The van der Waals surface area contributed by atoms with Crippen LogP contribution in [-0.2, 0) is 0 Å². The van der Waals surface area contributed by atoms with Crippen molar-refractivity contribution in [3.05, 3.63) is 0 Å². The summed E-state index contributed by atoms with van der Waals surface area (Å²) < 4.78 is 0. The molecule has 1 rings (SSSR count). The molecule has 0 aliphatic carbocycles. The number of aromatic nitrogens is 4.